The van der Waals surface area contributed by atoms with Crippen LogP contribution < -0.4 is 10.1 Å². The van der Waals surface area contributed by atoms with Gasteiger partial charge in [0, 0.05) is 43.6 Å². The third kappa shape index (κ3) is 4.56. The Morgan fingerprint density at radius 3 is 2.70 bits per heavy atom. The van der Waals surface area contributed by atoms with Gasteiger partial charge in [-0.15, -0.1) is 0 Å². The molecule has 0 radical (unpaired) electrons. The number of ether oxygens (including phenoxy) is 2. The molecular weight excluding hydrogens is 402 g/mol. The fourth-order valence-electron chi connectivity index (χ4n) is 3.65. The molecule has 3 aromatic rings. The minimum Gasteiger partial charge on any atom is -0.497 e. The summed E-state index contributed by atoms with van der Waals surface area (Å²) in [5.41, 5.74) is 4.38. The zero-order valence-corrected chi connectivity index (χ0v) is 17.8. The average molecular weight is 426 g/mol. The number of nitrogens with zero attached hydrogens (tertiary/aromatic N) is 2. The number of nitrogens with one attached hydrogen (secondary N) is 1. The maximum absolute atomic E-state index is 11.4. The first-order chi connectivity index (χ1) is 14.5. The monoisotopic (exact) mass is 425 g/mol. The SMILES string of the molecule is COc1ccc2c(CN3CCOCC3)cc(-c3ccc(NC(C)=O)c(Cl)c3)nc2c1. The van der Waals surface area contributed by atoms with Crippen molar-refractivity contribution in [2.75, 3.05) is 38.7 Å². The Kier molecular flexibility index (Phi) is 6.18. The van der Waals surface area contributed by atoms with Crippen molar-refractivity contribution in [1.82, 2.24) is 9.88 Å². The molecular formula is C23H24ClN3O3. The highest BCUT2D eigenvalue weighted by atomic mass is 35.5. The molecule has 30 heavy (non-hydrogen) atoms. The van der Waals surface area contributed by atoms with Crippen LogP contribution in [-0.2, 0) is 16.1 Å². The number of hydrogen-bond acceptors (Lipinski definition) is 5. The van der Waals surface area contributed by atoms with Crippen molar-refractivity contribution in [2.24, 2.45) is 0 Å². The number of carbonyl (C=O) groups excluding carboxylic acids is 1. The Labute approximate surface area is 180 Å². The first kappa shape index (κ1) is 20.6. The Hall–Kier alpha value is -2.67. The quantitative estimate of drug-likeness (QED) is 0.658. The lowest BCUT2D eigenvalue weighted by Crippen LogP contribution is -2.35. The summed E-state index contributed by atoms with van der Waals surface area (Å²) in [6.45, 7) is 5.60. The van der Waals surface area contributed by atoms with Crippen LogP contribution in [-0.4, -0.2) is 49.2 Å². The van der Waals surface area contributed by atoms with Gasteiger partial charge >= 0.3 is 0 Å². The molecule has 7 heteroatoms. The molecule has 4 rings (SSSR count). The van der Waals surface area contributed by atoms with Crippen molar-refractivity contribution in [3.05, 3.63) is 53.1 Å². The summed E-state index contributed by atoms with van der Waals surface area (Å²) in [6.07, 6.45) is 0. The number of amides is 1. The van der Waals surface area contributed by atoms with Gasteiger partial charge in [-0.25, -0.2) is 4.98 Å². The largest absolute Gasteiger partial charge is 0.497 e. The van der Waals surface area contributed by atoms with Gasteiger partial charge in [0.15, 0.2) is 0 Å². The molecule has 0 aliphatic carbocycles. The van der Waals surface area contributed by atoms with E-state index in [4.69, 9.17) is 26.1 Å². The van der Waals surface area contributed by atoms with Crippen molar-refractivity contribution in [2.45, 2.75) is 13.5 Å². The molecule has 0 unspecified atom stereocenters. The standard InChI is InChI=1S/C23H24ClN3O3/c1-15(28)25-21-6-3-16(11-20(21)24)22-12-17(14-27-7-9-30-10-8-27)19-5-4-18(29-2)13-23(19)26-22/h3-6,11-13H,7-10,14H2,1-2H3,(H,25,28). The van der Waals surface area contributed by atoms with E-state index in [9.17, 15) is 4.79 Å². The molecule has 1 N–H and O–H groups in total. The van der Waals surface area contributed by atoms with E-state index in [-0.39, 0.29) is 5.91 Å². The smallest absolute Gasteiger partial charge is 0.221 e. The molecule has 1 saturated heterocycles. The van der Waals surface area contributed by atoms with Gasteiger partial charge in [-0.3, -0.25) is 9.69 Å². The van der Waals surface area contributed by atoms with E-state index in [1.54, 1.807) is 13.2 Å². The van der Waals surface area contributed by atoms with Crippen LogP contribution in [0.2, 0.25) is 5.02 Å². The van der Waals surface area contributed by atoms with Crippen LogP contribution in [0.3, 0.4) is 0 Å². The summed E-state index contributed by atoms with van der Waals surface area (Å²) >= 11 is 6.40. The number of carbonyl (C=O) groups is 1. The number of aromatic nitrogens is 1. The number of benzene rings is 2. The number of anilines is 1. The van der Waals surface area contributed by atoms with Crippen LogP contribution in [0, 0.1) is 0 Å². The highest BCUT2D eigenvalue weighted by Gasteiger charge is 2.15. The molecule has 2 heterocycles. The highest BCUT2D eigenvalue weighted by molar-refractivity contribution is 6.34. The first-order valence-corrected chi connectivity index (χ1v) is 10.3. The van der Waals surface area contributed by atoms with Gasteiger partial charge in [0.05, 0.1) is 42.2 Å². The van der Waals surface area contributed by atoms with E-state index in [1.807, 2.05) is 24.3 Å². The van der Waals surface area contributed by atoms with Crippen molar-refractivity contribution in [1.29, 1.82) is 0 Å². The summed E-state index contributed by atoms with van der Waals surface area (Å²) in [4.78, 5) is 18.6. The topological polar surface area (TPSA) is 63.7 Å². The van der Waals surface area contributed by atoms with Crippen LogP contribution in [0.25, 0.3) is 22.2 Å². The fourth-order valence-corrected chi connectivity index (χ4v) is 3.88. The van der Waals surface area contributed by atoms with Crippen LogP contribution in [0.4, 0.5) is 5.69 Å². The number of methoxy groups -OCH3 is 1. The van der Waals surface area contributed by atoms with Gasteiger partial charge in [-0.1, -0.05) is 17.7 Å². The van der Waals surface area contributed by atoms with Crippen molar-refractivity contribution >= 4 is 34.1 Å². The number of morpholine rings is 1. The Balaban J connectivity index is 1.77. The summed E-state index contributed by atoms with van der Waals surface area (Å²) in [5, 5.41) is 4.32. The lowest BCUT2D eigenvalue weighted by Gasteiger charge is -2.27. The molecule has 0 spiro atoms. The molecule has 0 saturated carbocycles. The van der Waals surface area contributed by atoms with Crippen LogP contribution in [0.1, 0.15) is 12.5 Å². The maximum Gasteiger partial charge on any atom is 0.221 e. The lowest BCUT2D eigenvalue weighted by atomic mass is 10.0. The van der Waals surface area contributed by atoms with Gasteiger partial charge in [0.1, 0.15) is 5.75 Å². The summed E-state index contributed by atoms with van der Waals surface area (Å²) in [7, 11) is 1.65. The normalized spacial score (nSPS) is 14.6. The predicted molar refractivity (Wildman–Crippen MR) is 119 cm³/mol. The van der Waals surface area contributed by atoms with Gasteiger partial charge in [-0.2, -0.15) is 0 Å². The number of hydrogen-bond donors (Lipinski definition) is 1. The summed E-state index contributed by atoms with van der Waals surface area (Å²) in [5.74, 6) is 0.608. The molecule has 0 atom stereocenters. The van der Waals surface area contributed by atoms with Crippen molar-refractivity contribution in [3.8, 4) is 17.0 Å². The highest BCUT2D eigenvalue weighted by Crippen LogP contribution is 2.32. The molecule has 1 aromatic heterocycles. The van der Waals surface area contributed by atoms with Gasteiger partial charge in [0.2, 0.25) is 5.91 Å². The molecule has 6 nitrogen and oxygen atoms in total. The molecule has 1 aliphatic rings. The second kappa shape index (κ2) is 9.00. The summed E-state index contributed by atoms with van der Waals surface area (Å²) in [6, 6.07) is 13.7. The average Bonchev–Trinajstić information content (AvgIpc) is 2.75. The van der Waals surface area contributed by atoms with E-state index in [2.05, 4.69) is 22.3 Å². The van der Waals surface area contributed by atoms with Gasteiger partial charge in [-0.05, 0) is 35.9 Å². The van der Waals surface area contributed by atoms with Gasteiger partial charge < -0.3 is 14.8 Å². The first-order valence-electron chi connectivity index (χ1n) is 9.89. The Morgan fingerprint density at radius 2 is 2.00 bits per heavy atom. The zero-order valence-electron chi connectivity index (χ0n) is 17.1. The third-order valence-electron chi connectivity index (χ3n) is 5.18. The molecule has 0 bridgehead atoms. The Bertz CT molecular complexity index is 1080. The van der Waals surface area contributed by atoms with Gasteiger partial charge in [0.25, 0.3) is 0 Å². The van der Waals surface area contributed by atoms with Crippen molar-refractivity contribution < 1.29 is 14.3 Å². The van der Waals surface area contributed by atoms with Crippen LogP contribution in [0.5, 0.6) is 5.75 Å². The molecule has 2 aromatic carbocycles. The fraction of sp³-hybridized carbons (Fsp3) is 0.304. The lowest BCUT2D eigenvalue weighted by molar-refractivity contribution is -0.114. The van der Waals surface area contributed by atoms with E-state index >= 15 is 0 Å². The van der Waals surface area contributed by atoms with E-state index in [0.29, 0.717) is 10.7 Å². The third-order valence-corrected chi connectivity index (χ3v) is 5.49. The minimum absolute atomic E-state index is 0.159. The van der Waals surface area contributed by atoms with E-state index < -0.39 is 0 Å². The van der Waals surface area contributed by atoms with E-state index in [1.165, 1.54) is 12.5 Å². The van der Waals surface area contributed by atoms with Crippen molar-refractivity contribution in [3.63, 3.8) is 0 Å². The molecule has 1 fully saturated rings. The van der Waals surface area contributed by atoms with E-state index in [0.717, 1.165) is 60.8 Å². The number of fused-ring (bicyclic) bond motifs is 1. The molecule has 156 valence electrons. The maximum atomic E-state index is 11.4. The minimum atomic E-state index is -0.159. The number of pyridine rings is 1. The number of rotatable bonds is 5. The Morgan fingerprint density at radius 1 is 1.20 bits per heavy atom. The zero-order chi connectivity index (χ0) is 21.1. The second-order valence-electron chi connectivity index (χ2n) is 7.31. The predicted octanol–water partition coefficient (Wildman–Crippen LogP) is 4.35. The van der Waals surface area contributed by atoms with Crippen LogP contribution in [0.15, 0.2) is 42.5 Å². The molecule has 1 aliphatic heterocycles. The molecule has 1 amide bonds. The van der Waals surface area contributed by atoms with Crippen LogP contribution >= 0.6 is 11.6 Å². The summed E-state index contributed by atoms with van der Waals surface area (Å²) < 4.78 is 10.9. The number of halogens is 1. The second-order valence-corrected chi connectivity index (χ2v) is 7.72.